The van der Waals surface area contributed by atoms with Gasteiger partial charge >= 0.3 is 5.97 Å². The van der Waals surface area contributed by atoms with E-state index in [1.165, 1.54) is 0 Å². The zero-order valence-corrected chi connectivity index (χ0v) is 12.5. The molecule has 0 bridgehead atoms. The average molecular weight is 403 g/mol. The van der Waals surface area contributed by atoms with Crippen LogP contribution in [-0.2, 0) is 0 Å². The monoisotopic (exact) mass is 403 g/mol. The van der Waals surface area contributed by atoms with Crippen molar-refractivity contribution >= 4 is 40.2 Å². The molecule has 2 aromatic rings. The number of aromatic carboxylic acids is 1. The summed E-state index contributed by atoms with van der Waals surface area (Å²) >= 11 is 2.04. The highest BCUT2D eigenvalue weighted by Gasteiger charge is 2.20. The number of carbonyl (C=O) groups is 2. The second-order valence-electron chi connectivity index (χ2n) is 4.08. The average Bonchev–Trinajstić information content (AvgIpc) is 2.41. The van der Waals surface area contributed by atoms with Gasteiger partial charge in [-0.15, -0.1) is 0 Å². The fraction of sp³-hybridized carbons (Fsp3) is 0. The van der Waals surface area contributed by atoms with Crippen LogP contribution in [0, 0.1) is 15.2 Å². The van der Waals surface area contributed by atoms with Gasteiger partial charge in [0.1, 0.15) is 0 Å². The summed E-state index contributed by atoms with van der Waals surface area (Å²) < 4.78 is 27.2. The lowest BCUT2D eigenvalue weighted by Crippen LogP contribution is -2.17. The molecule has 0 aliphatic rings. The standard InChI is InChI=1S/C14H8F2INO3/c15-11-5-9(10(14(20)21)6-12(11)16)13(19)18-8-3-1-2-7(17)4-8/h1-6H,(H,18,19)(H,20,21). The van der Waals surface area contributed by atoms with Gasteiger partial charge in [0.15, 0.2) is 11.6 Å². The first-order valence-corrected chi connectivity index (χ1v) is 6.75. The number of hydrogen-bond acceptors (Lipinski definition) is 2. The van der Waals surface area contributed by atoms with Gasteiger partial charge < -0.3 is 10.4 Å². The Morgan fingerprint density at radius 2 is 1.67 bits per heavy atom. The Bertz CT molecular complexity index is 734. The van der Waals surface area contributed by atoms with Gasteiger partial charge in [-0.1, -0.05) is 6.07 Å². The fourth-order valence-corrected chi connectivity index (χ4v) is 2.22. The van der Waals surface area contributed by atoms with Gasteiger partial charge in [-0.25, -0.2) is 13.6 Å². The number of anilines is 1. The molecule has 4 nitrogen and oxygen atoms in total. The summed E-state index contributed by atoms with van der Waals surface area (Å²) in [5.41, 5.74) is -0.620. The molecule has 2 aromatic carbocycles. The van der Waals surface area contributed by atoms with Crippen LogP contribution in [0.5, 0.6) is 0 Å². The first kappa shape index (κ1) is 15.4. The molecule has 0 unspecified atom stereocenters. The molecule has 0 atom stereocenters. The topological polar surface area (TPSA) is 66.4 Å². The SMILES string of the molecule is O=C(O)c1cc(F)c(F)cc1C(=O)Nc1cccc(I)c1. The molecule has 0 aromatic heterocycles. The number of carboxylic acids is 1. The summed E-state index contributed by atoms with van der Waals surface area (Å²) in [5, 5.41) is 11.4. The quantitative estimate of drug-likeness (QED) is 0.771. The number of amides is 1. The highest BCUT2D eigenvalue weighted by Crippen LogP contribution is 2.18. The molecule has 0 spiro atoms. The van der Waals surface area contributed by atoms with Gasteiger partial charge in [0.05, 0.1) is 11.1 Å². The maximum Gasteiger partial charge on any atom is 0.336 e. The zero-order valence-electron chi connectivity index (χ0n) is 10.4. The van der Waals surface area contributed by atoms with E-state index in [9.17, 15) is 18.4 Å². The number of halogens is 3. The van der Waals surface area contributed by atoms with Crippen LogP contribution in [0.4, 0.5) is 14.5 Å². The summed E-state index contributed by atoms with van der Waals surface area (Å²) in [6.45, 7) is 0. The van der Waals surface area contributed by atoms with E-state index in [-0.39, 0.29) is 0 Å². The lowest BCUT2D eigenvalue weighted by Gasteiger charge is -2.09. The number of carbonyl (C=O) groups excluding carboxylic acids is 1. The van der Waals surface area contributed by atoms with Crippen LogP contribution in [-0.4, -0.2) is 17.0 Å². The summed E-state index contributed by atoms with van der Waals surface area (Å²) in [7, 11) is 0. The van der Waals surface area contributed by atoms with E-state index < -0.39 is 34.6 Å². The summed E-state index contributed by atoms with van der Waals surface area (Å²) in [6, 6.07) is 7.81. The maximum atomic E-state index is 13.2. The lowest BCUT2D eigenvalue weighted by molar-refractivity contribution is 0.0691. The minimum atomic E-state index is -1.51. The number of nitrogens with one attached hydrogen (secondary N) is 1. The van der Waals surface area contributed by atoms with Crippen LogP contribution in [0.3, 0.4) is 0 Å². The molecule has 2 N–H and O–H groups in total. The molecule has 0 saturated heterocycles. The van der Waals surface area contributed by atoms with Crippen molar-refractivity contribution in [2.45, 2.75) is 0 Å². The van der Waals surface area contributed by atoms with Crippen molar-refractivity contribution in [3.63, 3.8) is 0 Å². The molecule has 0 saturated carbocycles. The van der Waals surface area contributed by atoms with E-state index in [1.807, 2.05) is 22.6 Å². The van der Waals surface area contributed by atoms with Crippen molar-refractivity contribution < 1.29 is 23.5 Å². The minimum absolute atomic E-state index is 0.424. The van der Waals surface area contributed by atoms with Gasteiger partial charge in [0.2, 0.25) is 0 Å². The van der Waals surface area contributed by atoms with Crippen molar-refractivity contribution in [1.82, 2.24) is 0 Å². The largest absolute Gasteiger partial charge is 0.478 e. The molecule has 0 aliphatic heterocycles. The molecular weight excluding hydrogens is 395 g/mol. The Kier molecular flexibility index (Phi) is 4.51. The molecular formula is C14H8F2INO3. The van der Waals surface area contributed by atoms with E-state index in [4.69, 9.17) is 5.11 Å². The predicted octanol–water partition coefficient (Wildman–Crippen LogP) is 3.52. The van der Waals surface area contributed by atoms with Crippen LogP contribution in [0.25, 0.3) is 0 Å². The number of hydrogen-bond donors (Lipinski definition) is 2. The highest BCUT2D eigenvalue weighted by atomic mass is 127. The first-order valence-electron chi connectivity index (χ1n) is 5.67. The van der Waals surface area contributed by atoms with Crippen LogP contribution < -0.4 is 5.32 Å². The smallest absolute Gasteiger partial charge is 0.336 e. The molecule has 2 rings (SSSR count). The first-order chi connectivity index (χ1) is 9.88. The van der Waals surface area contributed by atoms with Gasteiger partial charge in [-0.3, -0.25) is 4.79 Å². The van der Waals surface area contributed by atoms with Gasteiger partial charge in [-0.2, -0.15) is 0 Å². The Labute approximate surface area is 131 Å². The van der Waals surface area contributed by atoms with Crippen molar-refractivity contribution in [2.24, 2.45) is 0 Å². The third kappa shape index (κ3) is 3.54. The molecule has 0 radical (unpaired) electrons. The van der Waals surface area contributed by atoms with E-state index >= 15 is 0 Å². The van der Waals surface area contributed by atoms with Crippen molar-refractivity contribution in [3.8, 4) is 0 Å². The van der Waals surface area contributed by atoms with E-state index in [2.05, 4.69) is 5.32 Å². The zero-order chi connectivity index (χ0) is 15.6. The summed E-state index contributed by atoms with van der Waals surface area (Å²) in [4.78, 5) is 23.1. The third-order valence-electron chi connectivity index (χ3n) is 2.62. The Morgan fingerprint density at radius 3 is 2.24 bits per heavy atom. The van der Waals surface area contributed by atoms with E-state index in [0.717, 1.165) is 3.57 Å². The number of carboxylic acid groups (broad SMARTS) is 1. The second-order valence-corrected chi connectivity index (χ2v) is 5.33. The van der Waals surface area contributed by atoms with Crippen molar-refractivity contribution in [2.75, 3.05) is 5.32 Å². The lowest BCUT2D eigenvalue weighted by atomic mass is 10.1. The predicted molar refractivity (Wildman–Crippen MR) is 80.4 cm³/mol. The summed E-state index contributed by atoms with van der Waals surface area (Å²) in [6.07, 6.45) is 0. The second kappa shape index (κ2) is 6.17. The molecule has 108 valence electrons. The highest BCUT2D eigenvalue weighted by molar-refractivity contribution is 14.1. The van der Waals surface area contributed by atoms with Crippen LogP contribution in [0.1, 0.15) is 20.7 Å². The number of rotatable bonds is 3. The maximum absolute atomic E-state index is 13.2. The van der Waals surface area contributed by atoms with Gasteiger partial charge in [0, 0.05) is 9.26 Å². The molecule has 0 fully saturated rings. The molecule has 21 heavy (non-hydrogen) atoms. The van der Waals surface area contributed by atoms with E-state index in [1.54, 1.807) is 24.3 Å². The Morgan fingerprint density at radius 1 is 1.05 bits per heavy atom. The van der Waals surface area contributed by atoms with Crippen molar-refractivity contribution in [3.05, 3.63) is 62.7 Å². The number of benzene rings is 2. The Hall–Kier alpha value is -2.03. The summed E-state index contributed by atoms with van der Waals surface area (Å²) in [5.74, 6) is -4.94. The van der Waals surface area contributed by atoms with Crippen molar-refractivity contribution in [1.29, 1.82) is 0 Å². The Balaban J connectivity index is 2.39. The normalized spacial score (nSPS) is 10.2. The van der Waals surface area contributed by atoms with Crippen LogP contribution in [0.15, 0.2) is 36.4 Å². The molecule has 7 heteroatoms. The third-order valence-corrected chi connectivity index (χ3v) is 3.29. The van der Waals surface area contributed by atoms with E-state index in [0.29, 0.717) is 17.8 Å². The van der Waals surface area contributed by atoms with Crippen LogP contribution >= 0.6 is 22.6 Å². The van der Waals surface area contributed by atoms with Gasteiger partial charge in [0.25, 0.3) is 5.91 Å². The van der Waals surface area contributed by atoms with Gasteiger partial charge in [-0.05, 0) is 52.9 Å². The fourth-order valence-electron chi connectivity index (χ4n) is 1.68. The van der Waals surface area contributed by atoms with Crippen LogP contribution in [0.2, 0.25) is 0 Å². The molecule has 0 heterocycles. The molecule has 1 amide bonds. The minimum Gasteiger partial charge on any atom is -0.478 e. The molecule has 0 aliphatic carbocycles.